The number of carbonyl (C=O) groups is 2. The number of nitrogens with zero attached hydrogens (tertiary/aromatic N) is 2. The van der Waals surface area contributed by atoms with Gasteiger partial charge in [0.25, 0.3) is 5.91 Å². The molecule has 6 heteroatoms. The molecule has 1 heterocycles. The molecule has 1 aliphatic heterocycles. The highest BCUT2D eigenvalue weighted by atomic mass is 35.5. The van der Waals surface area contributed by atoms with Crippen molar-refractivity contribution in [2.24, 2.45) is 0 Å². The van der Waals surface area contributed by atoms with Crippen LogP contribution in [-0.2, 0) is 11.3 Å². The van der Waals surface area contributed by atoms with Crippen LogP contribution >= 0.6 is 11.6 Å². The number of nitrogens with one attached hydrogen (secondary N) is 1. The maximum atomic E-state index is 12.6. The zero-order valence-electron chi connectivity index (χ0n) is 18.2. The van der Waals surface area contributed by atoms with Gasteiger partial charge in [0.2, 0.25) is 5.91 Å². The van der Waals surface area contributed by atoms with Gasteiger partial charge in [-0.2, -0.15) is 0 Å². The lowest BCUT2D eigenvalue weighted by Gasteiger charge is -2.19. The van der Waals surface area contributed by atoms with Gasteiger partial charge in [0.15, 0.2) is 0 Å². The Bertz CT molecular complexity index is 1110. The van der Waals surface area contributed by atoms with Crippen LogP contribution in [0.4, 0.5) is 5.69 Å². The van der Waals surface area contributed by atoms with Crippen LogP contribution in [0.5, 0.6) is 0 Å². The van der Waals surface area contributed by atoms with Crippen LogP contribution in [0.3, 0.4) is 0 Å². The normalized spacial score (nSPS) is 15.9. The van der Waals surface area contributed by atoms with E-state index in [0.29, 0.717) is 17.1 Å². The minimum atomic E-state index is -0.230. The Hall–Kier alpha value is -3.15. The molecule has 3 aromatic carbocycles. The third-order valence-electron chi connectivity index (χ3n) is 5.56. The molecule has 0 saturated carbocycles. The number of rotatable bonds is 6. The monoisotopic (exact) mass is 447 g/mol. The molecular formula is C26H26ClN3O2. The molecule has 0 spiro atoms. The largest absolute Gasteiger partial charge is 0.347 e. The van der Waals surface area contributed by atoms with Crippen LogP contribution in [0.15, 0.2) is 72.8 Å². The number of carbonyl (C=O) groups excluding carboxylic acids is 2. The van der Waals surface area contributed by atoms with E-state index in [9.17, 15) is 9.59 Å². The average Bonchev–Trinajstić information content (AvgIpc) is 3.14. The highest BCUT2D eigenvalue weighted by Crippen LogP contribution is 2.28. The number of halogens is 1. The summed E-state index contributed by atoms with van der Waals surface area (Å²) in [6.07, 6.45) is 0.284. The van der Waals surface area contributed by atoms with Crippen LogP contribution in [0.1, 0.15) is 22.3 Å². The minimum Gasteiger partial charge on any atom is -0.347 e. The highest BCUT2D eigenvalue weighted by molar-refractivity contribution is 6.30. The third-order valence-corrected chi connectivity index (χ3v) is 5.81. The van der Waals surface area contributed by atoms with Crippen LogP contribution in [0, 0.1) is 0 Å². The van der Waals surface area contributed by atoms with Crippen molar-refractivity contribution in [3.63, 3.8) is 0 Å². The fourth-order valence-corrected chi connectivity index (χ4v) is 4.15. The molecule has 4 rings (SSSR count). The Morgan fingerprint density at radius 1 is 1.03 bits per heavy atom. The van der Waals surface area contributed by atoms with E-state index in [1.165, 1.54) is 11.1 Å². The van der Waals surface area contributed by atoms with Crippen LogP contribution < -0.4 is 10.2 Å². The molecule has 0 aromatic heterocycles. The standard InChI is InChI=1S/C26H26ClN3O2/c1-29(2)16-20-5-3-4-6-24(20)18-9-13-23(14-10-18)30-17-22(15-25(30)31)28-26(32)19-7-11-21(27)12-8-19/h3-14,22H,15-17H2,1-2H3,(H,28,32). The molecule has 1 N–H and O–H groups in total. The fraction of sp³-hybridized carbons (Fsp3) is 0.231. The van der Waals surface area contributed by atoms with Crippen LogP contribution in [0.2, 0.25) is 5.02 Å². The van der Waals surface area contributed by atoms with Crippen molar-refractivity contribution in [3.8, 4) is 11.1 Å². The van der Waals surface area contributed by atoms with Crippen LogP contribution in [-0.4, -0.2) is 43.4 Å². The predicted octanol–water partition coefficient (Wildman–Crippen LogP) is 4.60. The Kier molecular flexibility index (Phi) is 6.58. The molecule has 5 nitrogen and oxygen atoms in total. The molecule has 0 radical (unpaired) electrons. The summed E-state index contributed by atoms with van der Waals surface area (Å²) in [4.78, 5) is 29.0. The molecule has 164 valence electrons. The quantitative estimate of drug-likeness (QED) is 0.600. The van der Waals surface area contributed by atoms with Crippen molar-refractivity contribution in [3.05, 3.63) is 88.9 Å². The molecule has 1 aliphatic rings. The first-order chi connectivity index (χ1) is 15.4. The maximum absolute atomic E-state index is 12.6. The lowest BCUT2D eigenvalue weighted by molar-refractivity contribution is -0.117. The van der Waals surface area contributed by atoms with Gasteiger partial charge in [0, 0.05) is 35.8 Å². The number of benzene rings is 3. The number of hydrogen-bond donors (Lipinski definition) is 1. The van der Waals surface area contributed by atoms with Gasteiger partial charge in [0.1, 0.15) is 0 Å². The van der Waals surface area contributed by atoms with Crippen molar-refractivity contribution >= 4 is 29.1 Å². The highest BCUT2D eigenvalue weighted by Gasteiger charge is 2.31. The molecule has 1 unspecified atom stereocenters. The molecule has 1 atom stereocenters. The van der Waals surface area contributed by atoms with Crippen LogP contribution in [0.25, 0.3) is 11.1 Å². The van der Waals surface area contributed by atoms with Crippen molar-refractivity contribution in [2.45, 2.75) is 19.0 Å². The smallest absolute Gasteiger partial charge is 0.251 e. The second-order valence-corrected chi connectivity index (χ2v) is 8.76. The lowest BCUT2D eigenvalue weighted by Crippen LogP contribution is -2.37. The third kappa shape index (κ3) is 5.01. The number of hydrogen-bond acceptors (Lipinski definition) is 3. The lowest BCUT2D eigenvalue weighted by atomic mass is 9.99. The summed E-state index contributed by atoms with van der Waals surface area (Å²) >= 11 is 5.89. The maximum Gasteiger partial charge on any atom is 0.251 e. The second-order valence-electron chi connectivity index (χ2n) is 8.33. The van der Waals surface area contributed by atoms with E-state index in [-0.39, 0.29) is 24.3 Å². The van der Waals surface area contributed by atoms with E-state index in [4.69, 9.17) is 11.6 Å². The second kappa shape index (κ2) is 9.55. The summed E-state index contributed by atoms with van der Waals surface area (Å²) in [5.74, 6) is -0.193. The summed E-state index contributed by atoms with van der Waals surface area (Å²) in [7, 11) is 4.11. The summed E-state index contributed by atoms with van der Waals surface area (Å²) in [6.45, 7) is 1.31. The van der Waals surface area contributed by atoms with Crippen molar-refractivity contribution in [2.75, 3.05) is 25.5 Å². The summed E-state index contributed by atoms with van der Waals surface area (Å²) in [5, 5.41) is 3.54. The van der Waals surface area contributed by atoms with E-state index in [0.717, 1.165) is 17.8 Å². The van der Waals surface area contributed by atoms with Crippen molar-refractivity contribution in [1.82, 2.24) is 10.2 Å². The summed E-state index contributed by atoms with van der Waals surface area (Å²) in [5.41, 5.74) is 4.93. The van der Waals surface area contributed by atoms with Crippen molar-refractivity contribution < 1.29 is 9.59 Å². The van der Waals surface area contributed by atoms with Gasteiger partial charge >= 0.3 is 0 Å². The van der Waals surface area contributed by atoms with Gasteiger partial charge in [-0.1, -0.05) is 48.0 Å². The van der Waals surface area contributed by atoms with Gasteiger partial charge in [-0.05, 0) is 67.2 Å². The zero-order chi connectivity index (χ0) is 22.7. The van der Waals surface area contributed by atoms with Gasteiger partial charge in [-0.3, -0.25) is 9.59 Å². The van der Waals surface area contributed by atoms with E-state index in [1.807, 2.05) is 18.2 Å². The molecule has 32 heavy (non-hydrogen) atoms. The molecule has 2 amide bonds. The summed E-state index contributed by atoms with van der Waals surface area (Å²) < 4.78 is 0. The number of amides is 2. The van der Waals surface area contributed by atoms with E-state index >= 15 is 0 Å². The van der Waals surface area contributed by atoms with E-state index < -0.39 is 0 Å². The number of anilines is 1. The Labute approximate surface area is 193 Å². The molecule has 0 aliphatic carbocycles. The molecule has 0 bridgehead atoms. The van der Waals surface area contributed by atoms with E-state index in [2.05, 4.69) is 54.6 Å². The fourth-order valence-electron chi connectivity index (χ4n) is 4.03. The predicted molar refractivity (Wildman–Crippen MR) is 129 cm³/mol. The molecule has 1 fully saturated rings. The molecule has 1 saturated heterocycles. The van der Waals surface area contributed by atoms with Gasteiger partial charge in [-0.15, -0.1) is 0 Å². The zero-order valence-corrected chi connectivity index (χ0v) is 19.0. The topological polar surface area (TPSA) is 52.6 Å². The Morgan fingerprint density at radius 3 is 2.41 bits per heavy atom. The van der Waals surface area contributed by atoms with E-state index in [1.54, 1.807) is 29.2 Å². The van der Waals surface area contributed by atoms with Gasteiger partial charge < -0.3 is 15.1 Å². The van der Waals surface area contributed by atoms with Gasteiger partial charge in [-0.25, -0.2) is 0 Å². The first kappa shape index (κ1) is 22.1. The molecule has 3 aromatic rings. The molecular weight excluding hydrogens is 422 g/mol. The van der Waals surface area contributed by atoms with Gasteiger partial charge in [0.05, 0.1) is 6.04 Å². The summed E-state index contributed by atoms with van der Waals surface area (Å²) in [6, 6.07) is 22.9. The Balaban J connectivity index is 1.45. The average molecular weight is 448 g/mol. The minimum absolute atomic E-state index is 0.00663. The Morgan fingerprint density at radius 2 is 1.72 bits per heavy atom. The SMILES string of the molecule is CN(C)Cc1ccccc1-c1ccc(N2CC(NC(=O)c3ccc(Cl)cc3)CC2=O)cc1. The van der Waals surface area contributed by atoms with Crippen molar-refractivity contribution in [1.29, 1.82) is 0 Å². The first-order valence-electron chi connectivity index (χ1n) is 10.6. The first-order valence-corrected chi connectivity index (χ1v) is 11.0.